The highest BCUT2D eigenvalue weighted by atomic mass is 32.2. The van der Waals surface area contributed by atoms with Gasteiger partial charge in [-0.25, -0.2) is 4.98 Å². The molecule has 0 spiro atoms. The molecule has 0 radical (unpaired) electrons. The van der Waals surface area contributed by atoms with E-state index in [1.54, 1.807) is 25.3 Å². The van der Waals surface area contributed by atoms with Gasteiger partial charge in [0.25, 0.3) is 0 Å². The minimum absolute atomic E-state index is 0.0410. The lowest BCUT2D eigenvalue weighted by molar-refractivity contribution is 0.415. The van der Waals surface area contributed by atoms with E-state index in [2.05, 4.69) is 58.2 Å². The first-order valence-electron chi connectivity index (χ1n) is 9.38. The van der Waals surface area contributed by atoms with Crippen molar-refractivity contribution in [1.82, 2.24) is 14.7 Å². The number of benzene rings is 2. The quantitative estimate of drug-likeness (QED) is 0.434. The van der Waals surface area contributed by atoms with E-state index in [0.29, 0.717) is 5.95 Å². The lowest BCUT2D eigenvalue weighted by Gasteiger charge is -2.19. The summed E-state index contributed by atoms with van der Waals surface area (Å²) in [4.78, 5) is 10.2. The van der Waals surface area contributed by atoms with Crippen LogP contribution in [-0.2, 0) is 0 Å². The maximum absolute atomic E-state index is 5.19. The summed E-state index contributed by atoms with van der Waals surface area (Å²) in [5.74, 6) is 2.10. The molecule has 1 heterocycles. The minimum atomic E-state index is 0.0410. The maximum atomic E-state index is 5.19. The van der Waals surface area contributed by atoms with Crippen LogP contribution in [0.2, 0.25) is 0 Å². The molecule has 29 heavy (non-hydrogen) atoms. The van der Waals surface area contributed by atoms with Crippen molar-refractivity contribution in [3.8, 4) is 5.75 Å². The zero-order chi connectivity index (χ0) is 20.9. The number of nitrogens with one attached hydrogen (secondary N) is 3. The van der Waals surface area contributed by atoms with E-state index in [0.717, 1.165) is 33.4 Å². The van der Waals surface area contributed by atoms with E-state index in [-0.39, 0.29) is 5.54 Å². The van der Waals surface area contributed by atoms with Crippen molar-refractivity contribution in [3.63, 3.8) is 0 Å². The summed E-state index contributed by atoms with van der Waals surface area (Å²) < 4.78 is 8.62. The third-order valence-electron chi connectivity index (χ3n) is 3.89. The summed E-state index contributed by atoms with van der Waals surface area (Å²) in [5, 5.41) is 6.63. The Bertz CT molecular complexity index is 954. The largest absolute Gasteiger partial charge is 0.497 e. The molecule has 0 saturated heterocycles. The van der Waals surface area contributed by atoms with Crippen molar-refractivity contribution < 1.29 is 4.74 Å². The van der Waals surface area contributed by atoms with Crippen LogP contribution in [0.25, 0.3) is 0 Å². The molecule has 3 N–H and O–H groups in total. The van der Waals surface area contributed by atoms with Crippen LogP contribution in [0, 0.1) is 6.92 Å². The molecular formula is C22H27N5OS. The molecule has 0 fully saturated rings. The van der Waals surface area contributed by atoms with Gasteiger partial charge in [0.1, 0.15) is 11.6 Å². The molecule has 3 rings (SSSR count). The second-order valence-corrected chi connectivity index (χ2v) is 8.57. The van der Waals surface area contributed by atoms with E-state index in [9.17, 15) is 0 Å². The highest BCUT2D eigenvalue weighted by molar-refractivity contribution is 7.97. The third-order valence-corrected chi connectivity index (χ3v) is 5.09. The Morgan fingerprint density at radius 2 is 1.72 bits per heavy atom. The number of nitrogens with zero attached hydrogens (tertiary/aromatic N) is 2. The van der Waals surface area contributed by atoms with Crippen LogP contribution in [0.1, 0.15) is 26.3 Å². The standard InChI is InChI=1S/C22H27N5OS/c1-15-14-23-21(25-16-9-11-18(28-5)12-10-16)26-20(15)24-17-7-6-8-19(13-17)29-27-22(2,3)4/h6-14,27H,1-5H3,(H2,23,24,25,26). The molecule has 2 aromatic carbocycles. The Balaban J connectivity index is 1.73. The van der Waals surface area contributed by atoms with Gasteiger partial charge in [0, 0.05) is 33.6 Å². The summed E-state index contributed by atoms with van der Waals surface area (Å²) in [6, 6.07) is 15.9. The highest BCUT2D eigenvalue weighted by Gasteiger charge is 2.10. The fourth-order valence-electron chi connectivity index (χ4n) is 2.42. The summed E-state index contributed by atoms with van der Waals surface area (Å²) in [5.41, 5.74) is 2.88. The number of aryl methyl sites for hydroxylation is 1. The van der Waals surface area contributed by atoms with Gasteiger partial charge in [0.2, 0.25) is 5.95 Å². The number of hydrogen-bond acceptors (Lipinski definition) is 7. The van der Waals surface area contributed by atoms with Gasteiger partial charge in [-0.15, -0.1) is 0 Å². The van der Waals surface area contributed by atoms with Gasteiger partial charge in [0.15, 0.2) is 0 Å². The first-order valence-corrected chi connectivity index (χ1v) is 10.2. The molecule has 1 aromatic heterocycles. The lowest BCUT2D eigenvalue weighted by Crippen LogP contribution is -2.29. The Hall–Kier alpha value is -2.77. The predicted octanol–water partition coefficient (Wildman–Crippen LogP) is 5.68. The van der Waals surface area contributed by atoms with Gasteiger partial charge < -0.3 is 15.4 Å². The van der Waals surface area contributed by atoms with Crippen LogP contribution in [0.4, 0.5) is 23.1 Å². The normalized spacial score (nSPS) is 11.2. The third kappa shape index (κ3) is 6.37. The zero-order valence-corrected chi connectivity index (χ0v) is 18.2. The van der Waals surface area contributed by atoms with Crippen LogP contribution in [-0.4, -0.2) is 22.6 Å². The number of anilines is 4. The van der Waals surface area contributed by atoms with Crippen LogP contribution >= 0.6 is 11.9 Å². The molecule has 0 aliphatic carbocycles. The van der Waals surface area contributed by atoms with E-state index < -0.39 is 0 Å². The number of ether oxygens (including phenoxy) is 1. The molecule has 0 unspecified atom stereocenters. The summed E-state index contributed by atoms with van der Waals surface area (Å²) in [6.45, 7) is 8.41. The van der Waals surface area contributed by atoms with Crippen molar-refractivity contribution in [1.29, 1.82) is 0 Å². The molecule has 6 nitrogen and oxygen atoms in total. The first kappa shape index (κ1) is 21.0. The van der Waals surface area contributed by atoms with Gasteiger partial charge in [-0.2, -0.15) is 4.98 Å². The average molecular weight is 410 g/mol. The fourth-order valence-corrected chi connectivity index (χ4v) is 3.17. The van der Waals surface area contributed by atoms with Crippen LogP contribution in [0.3, 0.4) is 0 Å². The summed E-state index contributed by atoms with van der Waals surface area (Å²) in [7, 11) is 1.65. The van der Waals surface area contributed by atoms with Crippen LogP contribution in [0.15, 0.2) is 59.6 Å². The minimum Gasteiger partial charge on any atom is -0.497 e. The van der Waals surface area contributed by atoms with Crippen molar-refractivity contribution >= 4 is 35.1 Å². The molecule has 3 aromatic rings. The first-order chi connectivity index (χ1) is 13.8. The summed E-state index contributed by atoms with van der Waals surface area (Å²) in [6.07, 6.45) is 1.81. The monoisotopic (exact) mass is 409 g/mol. The topological polar surface area (TPSA) is 71.1 Å². The van der Waals surface area contributed by atoms with Gasteiger partial charge in [-0.1, -0.05) is 6.07 Å². The number of hydrogen-bond donors (Lipinski definition) is 3. The molecule has 0 aliphatic heterocycles. The maximum Gasteiger partial charge on any atom is 0.229 e. The average Bonchev–Trinajstić information content (AvgIpc) is 2.69. The van der Waals surface area contributed by atoms with Gasteiger partial charge in [-0.3, -0.25) is 4.72 Å². The fraction of sp³-hybridized carbons (Fsp3) is 0.273. The Morgan fingerprint density at radius 3 is 2.41 bits per heavy atom. The van der Waals surface area contributed by atoms with Gasteiger partial charge in [-0.05, 0) is 82.1 Å². The second kappa shape index (κ2) is 9.15. The van der Waals surface area contributed by atoms with Crippen LogP contribution < -0.4 is 20.1 Å². The van der Waals surface area contributed by atoms with Gasteiger partial charge in [0.05, 0.1) is 7.11 Å². The van der Waals surface area contributed by atoms with Crippen molar-refractivity contribution in [2.24, 2.45) is 0 Å². The zero-order valence-electron chi connectivity index (χ0n) is 17.4. The molecule has 7 heteroatoms. The molecule has 0 atom stereocenters. The SMILES string of the molecule is COc1ccc(Nc2ncc(C)c(Nc3cccc(SNC(C)(C)C)c3)n2)cc1. The van der Waals surface area contributed by atoms with Crippen LogP contribution in [0.5, 0.6) is 5.75 Å². The molecule has 0 amide bonds. The van der Waals surface area contributed by atoms with E-state index >= 15 is 0 Å². The molecule has 0 aliphatic rings. The van der Waals surface area contributed by atoms with Crippen molar-refractivity contribution in [3.05, 3.63) is 60.3 Å². The Morgan fingerprint density at radius 1 is 0.966 bits per heavy atom. The summed E-state index contributed by atoms with van der Waals surface area (Å²) >= 11 is 1.62. The number of rotatable bonds is 7. The smallest absolute Gasteiger partial charge is 0.229 e. The molecular weight excluding hydrogens is 382 g/mol. The lowest BCUT2D eigenvalue weighted by atomic mass is 10.1. The Kier molecular flexibility index (Phi) is 6.61. The number of methoxy groups -OCH3 is 1. The molecule has 0 bridgehead atoms. The van der Waals surface area contributed by atoms with E-state index in [4.69, 9.17) is 4.74 Å². The van der Waals surface area contributed by atoms with Gasteiger partial charge >= 0.3 is 0 Å². The number of aromatic nitrogens is 2. The van der Waals surface area contributed by atoms with Crippen molar-refractivity contribution in [2.75, 3.05) is 17.7 Å². The van der Waals surface area contributed by atoms with E-state index in [1.165, 1.54) is 0 Å². The predicted molar refractivity (Wildman–Crippen MR) is 122 cm³/mol. The van der Waals surface area contributed by atoms with Crippen molar-refractivity contribution in [2.45, 2.75) is 38.1 Å². The van der Waals surface area contributed by atoms with E-state index in [1.807, 2.05) is 43.3 Å². The second-order valence-electron chi connectivity index (χ2n) is 7.69. The molecule has 152 valence electrons. The molecule has 0 saturated carbocycles. The Labute approximate surface area is 176 Å². The highest BCUT2D eigenvalue weighted by Crippen LogP contribution is 2.25.